The Morgan fingerprint density at radius 3 is 2.57 bits per heavy atom. The molecule has 4 N–H and O–H groups in total. The lowest BCUT2D eigenvalue weighted by Crippen LogP contribution is -2.30. The second-order valence-electron chi connectivity index (χ2n) is 5.45. The van der Waals surface area contributed by atoms with Crippen molar-refractivity contribution in [3.8, 4) is 0 Å². The van der Waals surface area contributed by atoms with E-state index in [9.17, 15) is 18.0 Å². The van der Waals surface area contributed by atoms with Crippen LogP contribution < -0.4 is 16.4 Å². The maximum Gasteiger partial charge on any atom is 0.416 e. The molecule has 1 heterocycles. The maximum atomic E-state index is 12.7. The second kappa shape index (κ2) is 5.55. The number of nitrogens with zero attached hydrogens (tertiary/aromatic N) is 1. The number of anilines is 1. The molecule has 0 spiro atoms. The molecule has 1 aromatic rings. The first-order valence-electron chi connectivity index (χ1n) is 6.71. The van der Waals surface area contributed by atoms with Gasteiger partial charge in [0.2, 0.25) is 0 Å². The summed E-state index contributed by atoms with van der Waals surface area (Å²) in [4.78, 5) is 13.3. The van der Waals surface area contributed by atoms with Gasteiger partial charge in [0, 0.05) is 24.8 Å². The molecule has 21 heavy (non-hydrogen) atoms. The molecule has 0 saturated carbocycles. The minimum Gasteiger partial charge on any atom is -0.371 e. The Morgan fingerprint density at radius 1 is 1.43 bits per heavy atom. The highest BCUT2D eigenvalue weighted by Gasteiger charge is 2.33. The number of primary amides is 1. The van der Waals surface area contributed by atoms with Gasteiger partial charge in [0.1, 0.15) is 0 Å². The van der Waals surface area contributed by atoms with Crippen molar-refractivity contribution in [1.82, 2.24) is 0 Å². The summed E-state index contributed by atoms with van der Waals surface area (Å²) in [7, 11) is 0. The lowest BCUT2D eigenvalue weighted by molar-refractivity contribution is -0.137. The van der Waals surface area contributed by atoms with Gasteiger partial charge in [0.05, 0.1) is 11.1 Å². The zero-order chi connectivity index (χ0) is 15.8. The highest BCUT2D eigenvalue weighted by atomic mass is 19.4. The van der Waals surface area contributed by atoms with Gasteiger partial charge in [-0.25, -0.2) is 0 Å². The Labute approximate surface area is 120 Å². The van der Waals surface area contributed by atoms with Crippen molar-refractivity contribution < 1.29 is 18.0 Å². The molecule has 1 amide bonds. The van der Waals surface area contributed by atoms with Crippen molar-refractivity contribution in [3.05, 3.63) is 29.3 Å². The van der Waals surface area contributed by atoms with Crippen LogP contribution in [0.4, 0.5) is 18.9 Å². The van der Waals surface area contributed by atoms with E-state index in [1.807, 2.05) is 11.8 Å². The van der Waals surface area contributed by atoms with Crippen LogP contribution in [0.1, 0.15) is 29.3 Å². The van der Waals surface area contributed by atoms with Crippen LogP contribution in [-0.4, -0.2) is 25.0 Å². The van der Waals surface area contributed by atoms with E-state index in [0.717, 1.165) is 18.6 Å². The Bertz CT molecular complexity index is 543. The van der Waals surface area contributed by atoms with Gasteiger partial charge in [0.25, 0.3) is 5.91 Å². The van der Waals surface area contributed by atoms with Crippen molar-refractivity contribution in [2.75, 3.05) is 18.0 Å². The molecule has 1 aliphatic heterocycles. The van der Waals surface area contributed by atoms with E-state index in [1.165, 1.54) is 6.07 Å². The quantitative estimate of drug-likeness (QED) is 0.896. The highest BCUT2D eigenvalue weighted by molar-refractivity contribution is 5.99. The number of rotatable bonds is 3. The number of hydrogen-bond donors (Lipinski definition) is 2. The van der Waals surface area contributed by atoms with Crippen molar-refractivity contribution in [2.24, 2.45) is 17.4 Å². The van der Waals surface area contributed by atoms with Crippen molar-refractivity contribution in [1.29, 1.82) is 0 Å². The Hall–Kier alpha value is -1.76. The molecular weight excluding hydrogens is 283 g/mol. The molecule has 1 fully saturated rings. The largest absolute Gasteiger partial charge is 0.416 e. The molecule has 2 atom stereocenters. The third-order valence-corrected chi connectivity index (χ3v) is 3.90. The summed E-state index contributed by atoms with van der Waals surface area (Å²) in [5.41, 5.74) is 10.6. The summed E-state index contributed by atoms with van der Waals surface area (Å²) in [6.45, 7) is 3.16. The van der Waals surface area contributed by atoms with E-state index >= 15 is 0 Å². The smallest absolute Gasteiger partial charge is 0.371 e. The molecule has 1 saturated heterocycles. The van der Waals surface area contributed by atoms with Gasteiger partial charge in [-0.1, -0.05) is 0 Å². The first-order chi connectivity index (χ1) is 9.70. The molecule has 116 valence electrons. The highest BCUT2D eigenvalue weighted by Crippen LogP contribution is 2.34. The van der Waals surface area contributed by atoms with Gasteiger partial charge in [-0.2, -0.15) is 13.2 Å². The van der Waals surface area contributed by atoms with E-state index in [0.29, 0.717) is 18.8 Å². The van der Waals surface area contributed by atoms with Crippen molar-refractivity contribution in [2.45, 2.75) is 25.6 Å². The van der Waals surface area contributed by atoms with Gasteiger partial charge < -0.3 is 16.4 Å². The van der Waals surface area contributed by atoms with Gasteiger partial charge in [-0.05, 0) is 37.5 Å². The number of hydrogen-bond acceptors (Lipinski definition) is 3. The molecular formula is C14H18F3N3O. The summed E-state index contributed by atoms with van der Waals surface area (Å²) in [5, 5.41) is 0. The average Bonchev–Trinajstić information content (AvgIpc) is 2.86. The molecule has 2 unspecified atom stereocenters. The van der Waals surface area contributed by atoms with Crippen LogP contribution in [0.5, 0.6) is 0 Å². The predicted molar refractivity (Wildman–Crippen MR) is 73.9 cm³/mol. The first kappa shape index (κ1) is 15.6. The van der Waals surface area contributed by atoms with E-state index in [1.54, 1.807) is 0 Å². The van der Waals surface area contributed by atoms with Crippen molar-refractivity contribution in [3.63, 3.8) is 0 Å². The molecule has 4 nitrogen and oxygen atoms in total. The van der Waals surface area contributed by atoms with E-state index in [4.69, 9.17) is 11.5 Å². The zero-order valence-electron chi connectivity index (χ0n) is 11.7. The van der Waals surface area contributed by atoms with Gasteiger partial charge in [-0.3, -0.25) is 4.79 Å². The Kier molecular flexibility index (Phi) is 4.13. The summed E-state index contributed by atoms with van der Waals surface area (Å²) in [5.74, 6) is -0.603. The third kappa shape index (κ3) is 3.29. The third-order valence-electron chi connectivity index (χ3n) is 3.90. The zero-order valence-corrected chi connectivity index (χ0v) is 11.7. The Morgan fingerprint density at radius 2 is 2.10 bits per heavy atom. The number of amides is 1. The van der Waals surface area contributed by atoms with Gasteiger partial charge in [-0.15, -0.1) is 0 Å². The molecule has 0 bridgehead atoms. The van der Waals surface area contributed by atoms with Crippen LogP contribution in [-0.2, 0) is 6.18 Å². The summed E-state index contributed by atoms with van der Waals surface area (Å²) in [6, 6.07) is 3.10. The number of alkyl halides is 3. The fourth-order valence-corrected chi connectivity index (χ4v) is 2.62. The topological polar surface area (TPSA) is 72.3 Å². The van der Waals surface area contributed by atoms with Gasteiger partial charge >= 0.3 is 6.18 Å². The van der Waals surface area contributed by atoms with Crippen LogP contribution in [0.3, 0.4) is 0 Å². The number of carbonyl (C=O) groups is 1. The molecule has 0 aliphatic carbocycles. The van der Waals surface area contributed by atoms with Gasteiger partial charge in [0.15, 0.2) is 0 Å². The SMILES string of the molecule is CC(N)C1CCN(c2ccc(C(F)(F)F)cc2C(N)=O)C1. The number of benzene rings is 1. The minimum absolute atomic E-state index is 0.00137. The Balaban J connectivity index is 2.34. The van der Waals surface area contributed by atoms with Crippen LogP contribution >= 0.6 is 0 Å². The molecule has 2 rings (SSSR count). The molecule has 0 aromatic heterocycles. The summed E-state index contributed by atoms with van der Waals surface area (Å²) >= 11 is 0. The fourth-order valence-electron chi connectivity index (χ4n) is 2.62. The second-order valence-corrected chi connectivity index (χ2v) is 5.45. The predicted octanol–water partition coefficient (Wildman–Crippen LogP) is 1.98. The fraction of sp³-hybridized carbons (Fsp3) is 0.500. The van der Waals surface area contributed by atoms with Crippen LogP contribution in [0.2, 0.25) is 0 Å². The number of nitrogens with two attached hydrogens (primary N) is 2. The molecule has 7 heteroatoms. The molecule has 1 aliphatic rings. The maximum absolute atomic E-state index is 12.7. The van der Waals surface area contributed by atoms with Crippen LogP contribution in [0.25, 0.3) is 0 Å². The monoisotopic (exact) mass is 301 g/mol. The average molecular weight is 301 g/mol. The summed E-state index contributed by atoms with van der Waals surface area (Å²) in [6.07, 6.45) is -3.65. The van der Waals surface area contributed by atoms with Crippen molar-refractivity contribution >= 4 is 11.6 Å². The van der Waals surface area contributed by atoms with Crippen LogP contribution in [0, 0.1) is 5.92 Å². The first-order valence-corrected chi connectivity index (χ1v) is 6.71. The minimum atomic E-state index is -4.50. The number of carbonyl (C=O) groups excluding carboxylic acids is 1. The lowest BCUT2D eigenvalue weighted by atomic mass is 10.0. The number of halogens is 3. The van der Waals surface area contributed by atoms with E-state index in [2.05, 4.69) is 0 Å². The normalized spacial score (nSPS) is 20.6. The molecule has 1 aromatic carbocycles. The standard InChI is InChI=1S/C14H18F3N3O/c1-8(18)9-4-5-20(7-9)12-3-2-10(14(15,16)17)6-11(12)13(19)21/h2-3,6,8-9H,4-5,7,18H2,1H3,(H2,19,21). The van der Waals surface area contributed by atoms with E-state index in [-0.39, 0.29) is 17.5 Å². The lowest BCUT2D eigenvalue weighted by Gasteiger charge is -2.23. The molecule has 0 radical (unpaired) electrons. The van der Waals surface area contributed by atoms with Crippen LogP contribution in [0.15, 0.2) is 18.2 Å². The summed E-state index contributed by atoms with van der Waals surface area (Å²) < 4.78 is 38.2. The van der Waals surface area contributed by atoms with E-state index < -0.39 is 17.6 Å².